The van der Waals surface area contributed by atoms with E-state index in [1.165, 1.54) is 7.11 Å². The fourth-order valence-electron chi connectivity index (χ4n) is 5.98. The zero-order valence-corrected chi connectivity index (χ0v) is 28.1. The highest BCUT2D eigenvalue weighted by Crippen LogP contribution is 2.39. The molecule has 0 saturated carbocycles. The highest BCUT2D eigenvalue weighted by molar-refractivity contribution is 5.83. The summed E-state index contributed by atoms with van der Waals surface area (Å²) in [5.74, 6) is -0.507. The van der Waals surface area contributed by atoms with E-state index in [1.807, 2.05) is 103 Å². The molecule has 4 unspecified atom stereocenters. The summed E-state index contributed by atoms with van der Waals surface area (Å²) in [6.45, 7) is 5.61. The number of amides is 2. The number of methoxy groups -OCH3 is 1. The molecule has 1 fully saturated rings. The predicted octanol–water partition coefficient (Wildman–Crippen LogP) is 6.09. The van der Waals surface area contributed by atoms with E-state index in [-0.39, 0.29) is 25.4 Å². The lowest BCUT2D eigenvalue weighted by Crippen LogP contribution is -2.47. The normalized spacial score (nSPS) is 18.0. The van der Waals surface area contributed by atoms with Crippen LogP contribution in [0.15, 0.2) is 116 Å². The van der Waals surface area contributed by atoms with Crippen LogP contribution in [0.25, 0.3) is 11.1 Å². The number of carbonyl (C=O) groups excluding carboxylic acids is 2. The van der Waals surface area contributed by atoms with Crippen LogP contribution in [-0.2, 0) is 38.6 Å². The first-order valence-corrected chi connectivity index (χ1v) is 16.5. The molecule has 0 bridgehead atoms. The highest BCUT2D eigenvalue weighted by atomic mass is 16.7. The van der Waals surface area contributed by atoms with Crippen molar-refractivity contribution >= 4 is 12.0 Å². The van der Waals surface area contributed by atoms with Crippen molar-refractivity contribution in [1.29, 1.82) is 0 Å². The fraction of sp³-hybridized carbons (Fsp3) is 0.300. The summed E-state index contributed by atoms with van der Waals surface area (Å²) in [6.07, 6.45) is 2.08. The maximum Gasteiger partial charge on any atom is 0.328 e. The molecule has 0 radical (unpaired) electrons. The summed E-state index contributed by atoms with van der Waals surface area (Å²) in [4.78, 5) is 27.4. The summed E-state index contributed by atoms with van der Waals surface area (Å²) >= 11 is 0. The van der Waals surface area contributed by atoms with Gasteiger partial charge in [0.15, 0.2) is 6.29 Å². The third-order valence-electron chi connectivity index (χ3n) is 8.52. The zero-order chi connectivity index (χ0) is 34.6. The molecular formula is C40H45N3O6. The van der Waals surface area contributed by atoms with Crippen molar-refractivity contribution in [2.45, 2.75) is 50.5 Å². The van der Waals surface area contributed by atoms with Gasteiger partial charge in [-0.05, 0) is 52.6 Å². The molecule has 49 heavy (non-hydrogen) atoms. The van der Waals surface area contributed by atoms with Gasteiger partial charge >= 0.3 is 12.0 Å². The molecule has 1 aliphatic heterocycles. The highest BCUT2D eigenvalue weighted by Gasteiger charge is 2.33. The molecule has 5 rings (SSSR count). The van der Waals surface area contributed by atoms with Crippen LogP contribution < -0.4 is 10.6 Å². The second kappa shape index (κ2) is 17.6. The molecule has 0 spiro atoms. The number of nitrogens with zero attached hydrogens (tertiary/aromatic N) is 1. The number of nitrogens with one attached hydrogen (secondary N) is 2. The molecule has 9 heteroatoms. The number of benzene rings is 4. The fourth-order valence-corrected chi connectivity index (χ4v) is 5.98. The zero-order valence-electron chi connectivity index (χ0n) is 28.1. The number of aliphatic hydroxyl groups is 1. The smallest absolute Gasteiger partial charge is 0.328 e. The van der Waals surface area contributed by atoms with Crippen LogP contribution in [0.5, 0.6) is 0 Å². The quantitative estimate of drug-likeness (QED) is 0.111. The third-order valence-corrected chi connectivity index (χ3v) is 8.52. The van der Waals surface area contributed by atoms with Gasteiger partial charge in [0.2, 0.25) is 0 Å². The molecule has 4 atom stereocenters. The van der Waals surface area contributed by atoms with Gasteiger partial charge in [0.1, 0.15) is 6.04 Å². The first-order valence-electron chi connectivity index (χ1n) is 16.5. The molecule has 4 aromatic carbocycles. The third kappa shape index (κ3) is 10.1. The minimum absolute atomic E-state index is 0.00557. The van der Waals surface area contributed by atoms with Crippen LogP contribution >= 0.6 is 0 Å². The number of hydrogen-bond acceptors (Lipinski definition) is 7. The molecule has 2 amide bonds. The molecular weight excluding hydrogens is 618 g/mol. The minimum Gasteiger partial charge on any atom is -0.467 e. The summed E-state index contributed by atoms with van der Waals surface area (Å²) < 4.78 is 18.0. The molecule has 4 aromatic rings. The van der Waals surface area contributed by atoms with Gasteiger partial charge in [0.05, 0.1) is 25.9 Å². The summed E-state index contributed by atoms with van der Waals surface area (Å²) in [5.41, 5.74) is 6.58. The molecule has 256 valence electrons. The number of likely N-dealkylation sites (N-methyl/N-ethyl adjacent to an activating group) is 1. The molecule has 0 aromatic heterocycles. The number of hydrogen-bond donors (Lipinski definition) is 3. The van der Waals surface area contributed by atoms with Crippen molar-refractivity contribution < 1.29 is 28.9 Å². The Morgan fingerprint density at radius 2 is 1.63 bits per heavy atom. The Bertz CT molecular complexity index is 1680. The number of ether oxygens (including phenoxy) is 3. The van der Waals surface area contributed by atoms with E-state index >= 15 is 0 Å². The van der Waals surface area contributed by atoms with Crippen molar-refractivity contribution in [2.24, 2.45) is 0 Å². The maximum absolute atomic E-state index is 12.8. The van der Waals surface area contributed by atoms with E-state index in [4.69, 9.17) is 14.2 Å². The summed E-state index contributed by atoms with van der Waals surface area (Å²) in [7, 11) is 3.36. The van der Waals surface area contributed by atoms with Crippen molar-refractivity contribution in [2.75, 3.05) is 27.2 Å². The first-order chi connectivity index (χ1) is 23.8. The Labute approximate surface area is 288 Å². The lowest BCUT2D eigenvalue weighted by Gasteiger charge is -2.37. The van der Waals surface area contributed by atoms with Gasteiger partial charge in [-0.1, -0.05) is 97.1 Å². The number of carbonyl (C=O) groups is 2. The first kappa shape index (κ1) is 35.5. The molecule has 1 aliphatic rings. The second-order valence-electron chi connectivity index (χ2n) is 12.3. The van der Waals surface area contributed by atoms with E-state index in [1.54, 1.807) is 0 Å². The molecule has 1 heterocycles. The lowest BCUT2D eigenvalue weighted by molar-refractivity contribution is -0.252. The number of aliphatic hydroxyl groups excluding tert-OH is 1. The predicted molar refractivity (Wildman–Crippen MR) is 189 cm³/mol. The van der Waals surface area contributed by atoms with E-state index in [2.05, 4.69) is 35.2 Å². The number of urea groups is 1. The van der Waals surface area contributed by atoms with Crippen molar-refractivity contribution in [1.82, 2.24) is 15.5 Å². The topological polar surface area (TPSA) is 109 Å². The van der Waals surface area contributed by atoms with Crippen molar-refractivity contribution in [3.8, 4) is 11.1 Å². The van der Waals surface area contributed by atoms with Gasteiger partial charge in [-0.15, -0.1) is 6.58 Å². The average molecular weight is 664 g/mol. The Balaban J connectivity index is 1.27. The Hall–Kier alpha value is -4.80. The number of esters is 1. The Morgan fingerprint density at radius 3 is 2.35 bits per heavy atom. The van der Waals surface area contributed by atoms with Gasteiger partial charge in [-0.2, -0.15) is 0 Å². The lowest BCUT2D eigenvalue weighted by atomic mass is 9.98. The second-order valence-corrected chi connectivity index (χ2v) is 12.3. The average Bonchev–Trinajstić information content (AvgIpc) is 3.14. The van der Waals surface area contributed by atoms with E-state index in [9.17, 15) is 14.7 Å². The van der Waals surface area contributed by atoms with Crippen LogP contribution in [-0.4, -0.2) is 61.4 Å². The molecule has 3 N–H and O–H groups in total. The Morgan fingerprint density at radius 1 is 0.918 bits per heavy atom. The molecule has 9 nitrogen and oxygen atoms in total. The standard InChI is InChI=1S/C40H45N3O6/c1-4-20-43(2)26-35-24-37(31-18-16-29(27-44)17-19-31)49-39(48-35)34-15-9-14-33(23-34)32-13-8-12-30(21-32)25-41-40(46)42-36(38(45)47-3)22-28-10-6-5-7-11-28/h4-19,21,23,35-37,39,44H,1,20,22,24-27H2,2-3H3,(H2,41,42,46). The van der Waals surface area contributed by atoms with Crippen LogP contribution in [0.4, 0.5) is 4.79 Å². The number of rotatable bonds is 14. The molecule has 0 aliphatic carbocycles. The maximum atomic E-state index is 12.8. The van der Waals surface area contributed by atoms with Crippen LogP contribution in [0, 0.1) is 0 Å². The van der Waals surface area contributed by atoms with Gasteiger partial charge in [0.25, 0.3) is 0 Å². The van der Waals surface area contributed by atoms with Crippen molar-refractivity contribution in [3.05, 3.63) is 144 Å². The van der Waals surface area contributed by atoms with Crippen LogP contribution in [0.2, 0.25) is 0 Å². The van der Waals surface area contributed by atoms with Crippen molar-refractivity contribution in [3.63, 3.8) is 0 Å². The largest absolute Gasteiger partial charge is 0.467 e. The summed E-state index contributed by atoms with van der Waals surface area (Å²) in [6, 6.07) is 32.2. The van der Waals surface area contributed by atoms with Crippen LogP contribution in [0.3, 0.4) is 0 Å². The van der Waals surface area contributed by atoms with Gasteiger partial charge in [-0.25, -0.2) is 9.59 Å². The van der Waals surface area contributed by atoms with Gasteiger partial charge in [0, 0.05) is 38.0 Å². The van der Waals surface area contributed by atoms with Crippen LogP contribution in [0.1, 0.15) is 46.6 Å². The minimum atomic E-state index is -0.813. The monoisotopic (exact) mass is 663 g/mol. The van der Waals surface area contributed by atoms with E-state index in [0.29, 0.717) is 12.8 Å². The summed E-state index contributed by atoms with van der Waals surface area (Å²) in [5, 5.41) is 15.1. The Kier molecular flexibility index (Phi) is 12.7. The molecule has 1 saturated heterocycles. The van der Waals surface area contributed by atoms with E-state index < -0.39 is 24.3 Å². The van der Waals surface area contributed by atoms with E-state index in [0.717, 1.165) is 52.0 Å². The van der Waals surface area contributed by atoms with Gasteiger partial charge in [-0.3, -0.25) is 0 Å². The SMILES string of the molecule is C=CCN(C)CC1CC(c2ccc(CO)cc2)OC(c2cccc(-c3cccc(CNC(=O)NC(Cc4ccccc4)C(=O)OC)c3)c2)O1. The van der Waals surface area contributed by atoms with Gasteiger partial charge < -0.3 is 34.9 Å².